The predicted molar refractivity (Wildman–Crippen MR) is 129 cm³/mol. The third-order valence-electron chi connectivity index (χ3n) is 5.41. The highest BCUT2D eigenvalue weighted by atomic mass is 35.5. The van der Waals surface area contributed by atoms with Gasteiger partial charge in [-0.25, -0.2) is 22.5 Å². The van der Waals surface area contributed by atoms with E-state index in [1.165, 1.54) is 30.3 Å². The molecule has 1 aliphatic rings. The quantitative estimate of drug-likeness (QED) is 0.236. The number of alkyl halides is 4. The summed E-state index contributed by atoms with van der Waals surface area (Å²) in [6.07, 6.45) is -2.07. The van der Waals surface area contributed by atoms with Gasteiger partial charge in [0.1, 0.15) is 10.2 Å². The van der Waals surface area contributed by atoms with Crippen LogP contribution in [0, 0.1) is 17.6 Å². The average Bonchev–Trinajstić information content (AvgIpc) is 3.38. The molecule has 36 heavy (non-hydrogen) atoms. The van der Waals surface area contributed by atoms with E-state index in [4.69, 9.17) is 46.4 Å². The van der Waals surface area contributed by atoms with E-state index >= 15 is 0 Å². The highest BCUT2D eigenvalue weighted by Crippen LogP contribution is 2.65. The van der Waals surface area contributed by atoms with Gasteiger partial charge in [-0.3, -0.25) is 9.59 Å². The number of benzene rings is 2. The SMILES string of the molecule is O=C(Nc1ncc(F)cc1F)c1cc(NC(=O)[C@@H]2[C@@H](c3cc(Cl)cc(C(F)F)c3)C2(Cl)Cl)ccc1Cl. The van der Waals surface area contributed by atoms with Crippen LogP contribution in [0.5, 0.6) is 0 Å². The van der Waals surface area contributed by atoms with Gasteiger partial charge in [-0.2, -0.15) is 0 Å². The number of nitrogens with zero attached hydrogens (tertiary/aromatic N) is 1. The number of rotatable bonds is 6. The molecule has 0 spiro atoms. The lowest BCUT2D eigenvalue weighted by Gasteiger charge is -2.10. The van der Waals surface area contributed by atoms with Gasteiger partial charge >= 0.3 is 0 Å². The maximum atomic E-state index is 13.8. The van der Waals surface area contributed by atoms with E-state index in [0.29, 0.717) is 6.07 Å². The van der Waals surface area contributed by atoms with Gasteiger partial charge in [0.15, 0.2) is 11.6 Å². The van der Waals surface area contributed by atoms with Gasteiger partial charge in [-0.05, 0) is 42.0 Å². The van der Waals surface area contributed by atoms with Crippen molar-refractivity contribution in [3.8, 4) is 0 Å². The lowest BCUT2D eigenvalue weighted by Crippen LogP contribution is -2.19. The molecule has 188 valence electrons. The van der Waals surface area contributed by atoms with Crippen LogP contribution in [0.25, 0.3) is 0 Å². The van der Waals surface area contributed by atoms with Crippen LogP contribution in [0.15, 0.2) is 48.7 Å². The molecule has 1 aromatic heterocycles. The molecule has 1 heterocycles. The van der Waals surface area contributed by atoms with Crippen molar-refractivity contribution in [3.05, 3.63) is 87.0 Å². The maximum Gasteiger partial charge on any atom is 0.263 e. The van der Waals surface area contributed by atoms with Crippen molar-refractivity contribution < 1.29 is 27.2 Å². The highest BCUT2D eigenvalue weighted by molar-refractivity contribution is 6.53. The topological polar surface area (TPSA) is 71.1 Å². The van der Waals surface area contributed by atoms with Crippen molar-refractivity contribution in [1.82, 2.24) is 4.98 Å². The minimum atomic E-state index is -2.79. The Morgan fingerprint density at radius 1 is 1.00 bits per heavy atom. The summed E-state index contributed by atoms with van der Waals surface area (Å²) < 4.78 is 51.6. The Labute approximate surface area is 221 Å². The molecule has 1 saturated carbocycles. The fraction of sp³-hybridized carbons (Fsp3) is 0.174. The van der Waals surface area contributed by atoms with E-state index in [0.717, 1.165) is 12.3 Å². The summed E-state index contributed by atoms with van der Waals surface area (Å²) in [6.45, 7) is 0. The van der Waals surface area contributed by atoms with Crippen LogP contribution in [-0.4, -0.2) is 21.1 Å². The summed E-state index contributed by atoms with van der Waals surface area (Å²) in [7, 11) is 0. The number of halogens is 8. The van der Waals surface area contributed by atoms with Crippen molar-refractivity contribution in [2.75, 3.05) is 10.6 Å². The Hall–Kier alpha value is -2.59. The summed E-state index contributed by atoms with van der Waals surface area (Å²) in [6, 6.07) is 8.15. The summed E-state index contributed by atoms with van der Waals surface area (Å²) in [5.74, 6) is -5.91. The van der Waals surface area contributed by atoms with Crippen molar-refractivity contribution in [1.29, 1.82) is 0 Å². The fourth-order valence-electron chi connectivity index (χ4n) is 3.69. The molecule has 1 fully saturated rings. The van der Waals surface area contributed by atoms with Crippen LogP contribution in [0.2, 0.25) is 10.0 Å². The second kappa shape index (κ2) is 10.0. The van der Waals surface area contributed by atoms with E-state index in [-0.39, 0.29) is 32.4 Å². The first-order valence-electron chi connectivity index (χ1n) is 10.1. The predicted octanol–water partition coefficient (Wildman–Crippen LogP) is 7.38. The van der Waals surface area contributed by atoms with Crippen molar-refractivity contribution >= 4 is 69.7 Å². The summed E-state index contributed by atoms with van der Waals surface area (Å²) in [4.78, 5) is 29.0. The van der Waals surface area contributed by atoms with Crippen LogP contribution in [-0.2, 0) is 4.79 Å². The number of pyridine rings is 1. The smallest absolute Gasteiger partial charge is 0.263 e. The Morgan fingerprint density at radius 3 is 2.39 bits per heavy atom. The zero-order chi connectivity index (χ0) is 26.4. The van der Waals surface area contributed by atoms with E-state index in [2.05, 4.69) is 15.6 Å². The molecule has 0 aliphatic heterocycles. The molecule has 2 amide bonds. The second-order valence-electron chi connectivity index (χ2n) is 7.87. The molecule has 3 aromatic rings. The van der Waals surface area contributed by atoms with E-state index < -0.39 is 51.9 Å². The normalized spacial score (nSPS) is 18.1. The van der Waals surface area contributed by atoms with Crippen LogP contribution < -0.4 is 10.6 Å². The van der Waals surface area contributed by atoms with E-state index in [9.17, 15) is 27.2 Å². The molecule has 1 aliphatic carbocycles. The van der Waals surface area contributed by atoms with Crippen molar-refractivity contribution in [2.24, 2.45) is 5.92 Å². The maximum absolute atomic E-state index is 13.8. The molecule has 5 nitrogen and oxygen atoms in total. The number of hydrogen-bond acceptors (Lipinski definition) is 3. The van der Waals surface area contributed by atoms with Crippen LogP contribution in [0.3, 0.4) is 0 Å². The largest absolute Gasteiger partial charge is 0.326 e. The summed E-state index contributed by atoms with van der Waals surface area (Å²) >= 11 is 24.6. The van der Waals surface area contributed by atoms with Gasteiger partial charge in [0.25, 0.3) is 12.3 Å². The molecule has 0 unspecified atom stereocenters. The van der Waals surface area contributed by atoms with Gasteiger partial charge in [0.05, 0.1) is 22.7 Å². The Morgan fingerprint density at radius 2 is 1.72 bits per heavy atom. The van der Waals surface area contributed by atoms with Crippen LogP contribution in [0.4, 0.5) is 29.1 Å². The van der Waals surface area contributed by atoms with Crippen molar-refractivity contribution in [2.45, 2.75) is 16.7 Å². The lowest BCUT2D eigenvalue weighted by molar-refractivity contribution is -0.117. The summed E-state index contributed by atoms with van der Waals surface area (Å²) in [5, 5.41) is 4.73. The number of carbonyl (C=O) groups excluding carboxylic acids is 2. The Balaban J connectivity index is 1.52. The number of aromatic nitrogens is 1. The molecule has 13 heteroatoms. The van der Waals surface area contributed by atoms with Crippen LogP contribution >= 0.6 is 46.4 Å². The zero-order valence-corrected chi connectivity index (χ0v) is 20.7. The van der Waals surface area contributed by atoms with E-state index in [1.807, 2.05) is 0 Å². The number of nitrogens with one attached hydrogen (secondary N) is 2. The standard InChI is InChI=1S/C23H13Cl4F4N3O2/c24-11-4-9(3-10(5-11)19(30)31)17-18(23(17,26)27)22(36)33-13-1-2-15(25)14(7-13)21(35)34-20-16(29)6-12(28)8-32-20/h1-8,17-19H,(H,33,36)(H,32,34,35)/t17-,18+/m1/s1. The first kappa shape index (κ1) is 26.5. The molecule has 4 rings (SSSR count). The van der Waals surface area contributed by atoms with Gasteiger partial charge in [-0.15, -0.1) is 23.2 Å². The zero-order valence-electron chi connectivity index (χ0n) is 17.6. The third kappa shape index (κ3) is 5.39. The average molecular weight is 581 g/mol. The Kier molecular flexibility index (Phi) is 7.39. The molecule has 0 radical (unpaired) electrons. The molecule has 0 bridgehead atoms. The molecule has 0 saturated heterocycles. The molecular formula is C23H13Cl4F4N3O2. The minimum absolute atomic E-state index is 0.0280. The molecular weight excluding hydrogens is 568 g/mol. The van der Waals surface area contributed by atoms with Gasteiger partial charge < -0.3 is 10.6 Å². The minimum Gasteiger partial charge on any atom is -0.326 e. The molecule has 2 N–H and O–H groups in total. The van der Waals surface area contributed by atoms with Crippen molar-refractivity contribution in [3.63, 3.8) is 0 Å². The van der Waals surface area contributed by atoms with Gasteiger partial charge in [-0.1, -0.05) is 23.2 Å². The molecule has 2 aromatic carbocycles. The molecule has 2 atom stereocenters. The summed E-state index contributed by atoms with van der Waals surface area (Å²) in [5.41, 5.74) is -0.0934. The van der Waals surface area contributed by atoms with E-state index in [1.54, 1.807) is 0 Å². The monoisotopic (exact) mass is 579 g/mol. The highest BCUT2D eigenvalue weighted by Gasteiger charge is 2.67. The first-order valence-corrected chi connectivity index (χ1v) is 11.6. The fourth-order valence-corrected chi connectivity index (χ4v) is 4.97. The second-order valence-corrected chi connectivity index (χ2v) is 10.2. The lowest BCUT2D eigenvalue weighted by atomic mass is 10.1. The third-order valence-corrected chi connectivity index (χ3v) is 6.90. The first-order chi connectivity index (χ1) is 16.9. The Bertz CT molecular complexity index is 1370. The number of carbonyl (C=O) groups is 2. The number of anilines is 2. The number of amides is 2. The van der Waals surface area contributed by atoms with Gasteiger partial charge in [0.2, 0.25) is 5.91 Å². The van der Waals surface area contributed by atoms with Crippen LogP contribution in [0.1, 0.15) is 33.8 Å². The van der Waals surface area contributed by atoms with Gasteiger partial charge in [0, 0.05) is 28.3 Å². The number of hydrogen-bond donors (Lipinski definition) is 2.